The topological polar surface area (TPSA) is 94.1 Å². The van der Waals surface area contributed by atoms with E-state index >= 15 is 0 Å². The maximum atomic E-state index is 13.1. The first-order valence-corrected chi connectivity index (χ1v) is 9.64. The van der Waals surface area contributed by atoms with Gasteiger partial charge in [0.05, 0.1) is 16.6 Å². The lowest BCUT2D eigenvalue weighted by Crippen LogP contribution is -2.28. The van der Waals surface area contributed by atoms with Gasteiger partial charge in [-0.25, -0.2) is 4.98 Å². The van der Waals surface area contributed by atoms with E-state index in [9.17, 15) is 9.90 Å². The summed E-state index contributed by atoms with van der Waals surface area (Å²) in [4.78, 5) is 19.6. The summed E-state index contributed by atoms with van der Waals surface area (Å²) in [6.45, 7) is 3.64. The van der Waals surface area contributed by atoms with E-state index in [1.165, 1.54) is 0 Å². The van der Waals surface area contributed by atoms with Crippen LogP contribution in [0.1, 0.15) is 35.8 Å². The lowest BCUT2D eigenvalue weighted by Gasteiger charge is -2.16. The Labute approximate surface area is 164 Å². The zero-order valence-electron chi connectivity index (χ0n) is 16.6. The van der Waals surface area contributed by atoms with Crippen LogP contribution in [0.2, 0.25) is 0 Å². The smallest absolute Gasteiger partial charge is 0.254 e. The number of rotatable bonds is 3. The number of pyridine rings is 1. The first kappa shape index (κ1) is 19.8. The number of hydrogen-bond donors (Lipinski definition) is 3. The number of H-pyrrole nitrogens is 1. The third-order valence-corrected chi connectivity index (χ3v) is 4.74. The Morgan fingerprint density at radius 1 is 1.21 bits per heavy atom. The van der Waals surface area contributed by atoms with E-state index in [1.54, 1.807) is 24.3 Å². The first-order valence-electron chi connectivity index (χ1n) is 9.64. The Kier molecular flexibility index (Phi) is 6.26. The summed E-state index contributed by atoms with van der Waals surface area (Å²) < 4.78 is 0. The number of phenols is 1. The van der Waals surface area contributed by atoms with Crippen molar-refractivity contribution in [1.29, 1.82) is 0 Å². The average molecular weight is 381 g/mol. The molecule has 3 aromatic rings. The number of aryl methyl sites for hydroxylation is 1. The molecular weight excluding hydrogens is 354 g/mol. The molecule has 1 aliphatic heterocycles. The zero-order chi connectivity index (χ0) is 20.1. The van der Waals surface area contributed by atoms with Gasteiger partial charge in [-0.05, 0) is 63.7 Å². The molecule has 1 amide bonds. The molecule has 3 N–H and O–H groups in total. The lowest BCUT2D eigenvalue weighted by molar-refractivity contribution is 0.0794. The molecule has 2 aromatic heterocycles. The Balaban J connectivity index is 0.000000706. The van der Waals surface area contributed by atoms with Gasteiger partial charge in [-0.2, -0.15) is 5.10 Å². The van der Waals surface area contributed by atoms with Crippen molar-refractivity contribution in [3.05, 3.63) is 41.6 Å². The molecule has 28 heavy (non-hydrogen) atoms. The molecule has 1 fully saturated rings. The highest BCUT2D eigenvalue weighted by molar-refractivity contribution is 6.07. The summed E-state index contributed by atoms with van der Waals surface area (Å²) in [6, 6.07) is 8.67. The van der Waals surface area contributed by atoms with Gasteiger partial charge in [0.25, 0.3) is 5.91 Å². The number of carbonyl (C=O) groups is 1. The highest BCUT2D eigenvalue weighted by Crippen LogP contribution is 2.28. The second-order valence-corrected chi connectivity index (χ2v) is 6.86. The molecule has 0 atom stereocenters. The maximum absolute atomic E-state index is 13.1. The average Bonchev–Trinajstić information content (AvgIpc) is 3.37. The minimum Gasteiger partial charge on any atom is -0.508 e. The Morgan fingerprint density at radius 3 is 2.46 bits per heavy atom. The zero-order valence-corrected chi connectivity index (χ0v) is 16.6. The van der Waals surface area contributed by atoms with Crippen molar-refractivity contribution < 1.29 is 9.90 Å². The number of likely N-dealkylation sites (tertiary alicyclic amines) is 1. The molecule has 148 valence electrons. The van der Waals surface area contributed by atoms with Gasteiger partial charge in [-0.1, -0.05) is 6.92 Å². The fourth-order valence-electron chi connectivity index (χ4n) is 3.38. The molecule has 7 nitrogen and oxygen atoms in total. The van der Waals surface area contributed by atoms with Crippen molar-refractivity contribution in [2.75, 3.05) is 27.2 Å². The second-order valence-electron chi connectivity index (χ2n) is 6.86. The molecule has 0 unspecified atom stereocenters. The normalized spacial score (nSPS) is 13.5. The van der Waals surface area contributed by atoms with Crippen molar-refractivity contribution in [3.8, 4) is 17.0 Å². The number of carbonyl (C=O) groups excluding carboxylic acids is 1. The SMILES string of the molecule is CCc1[nH]nc2nc(-c3ccc(O)cc3)cc(C(=O)N3CCCC3)c12.CNC. The van der Waals surface area contributed by atoms with E-state index in [4.69, 9.17) is 0 Å². The summed E-state index contributed by atoms with van der Waals surface area (Å²) in [5, 5.41) is 20.4. The van der Waals surface area contributed by atoms with Crippen LogP contribution >= 0.6 is 0 Å². The van der Waals surface area contributed by atoms with Gasteiger partial charge in [0.1, 0.15) is 5.75 Å². The fraction of sp³-hybridized carbons (Fsp3) is 0.381. The molecule has 0 aliphatic carbocycles. The third-order valence-electron chi connectivity index (χ3n) is 4.74. The summed E-state index contributed by atoms with van der Waals surface area (Å²) in [7, 11) is 3.75. The number of hydrogen-bond acceptors (Lipinski definition) is 5. The van der Waals surface area contributed by atoms with Gasteiger partial charge in [0, 0.05) is 24.3 Å². The molecular formula is C21H27N5O2. The maximum Gasteiger partial charge on any atom is 0.254 e. The highest BCUT2D eigenvalue weighted by atomic mass is 16.3. The van der Waals surface area contributed by atoms with Crippen molar-refractivity contribution in [2.45, 2.75) is 26.2 Å². The van der Waals surface area contributed by atoms with Crippen LogP contribution < -0.4 is 5.32 Å². The summed E-state index contributed by atoms with van der Waals surface area (Å²) in [5.41, 5.74) is 3.67. The third kappa shape index (κ3) is 3.99. The van der Waals surface area contributed by atoms with Gasteiger partial charge >= 0.3 is 0 Å². The van der Waals surface area contributed by atoms with Crippen LogP contribution in [-0.4, -0.2) is 58.3 Å². The van der Waals surface area contributed by atoms with Crippen LogP contribution in [0.5, 0.6) is 5.75 Å². The van der Waals surface area contributed by atoms with Crippen LogP contribution in [-0.2, 0) is 6.42 Å². The van der Waals surface area contributed by atoms with Crippen molar-refractivity contribution in [1.82, 2.24) is 25.4 Å². The number of benzene rings is 1. The first-order chi connectivity index (χ1) is 13.6. The molecule has 0 spiro atoms. The van der Waals surface area contributed by atoms with E-state index in [0.717, 1.165) is 49.0 Å². The molecule has 4 rings (SSSR count). The molecule has 1 aliphatic rings. The summed E-state index contributed by atoms with van der Waals surface area (Å²) in [6.07, 6.45) is 2.87. The van der Waals surface area contributed by atoms with Gasteiger partial charge in [0.15, 0.2) is 5.65 Å². The Hall–Kier alpha value is -2.93. The summed E-state index contributed by atoms with van der Waals surface area (Å²) >= 11 is 0. The minimum absolute atomic E-state index is 0.0426. The van der Waals surface area contributed by atoms with Crippen molar-refractivity contribution in [3.63, 3.8) is 0 Å². The number of fused-ring (bicyclic) bond motifs is 1. The number of nitrogens with one attached hydrogen (secondary N) is 2. The molecule has 0 radical (unpaired) electrons. The predicted molar refractivity (Wildman–Crippen MR) is 110 cm³/mol. The van der Waals surface area contributed by atoms with Gasteiger partial charge in [0.2, 0.25) is 0 Å². The van der Waals surface area contributed by atoms with E-state index in [-0.39, 0.29) is 11.7 Å². The van der Waals surface area contributed by atoms with Gasteiger partial charge < -0.3 is 15.3 Å². The number of nitrogens with zero attached hydrogens (tertiary/aromatic N) is 3. The summed E-state index contributed by atoms with van der Waals surface area (Å²) in [5.74, 6) is 0.243. The standard InChI is InChI=1S/C19H20N4O2.C2H7N/c1-2-15-17-14(19(25)23-9-3-4-10-23)11-16(20-18(17)22-21-15)12-5-7-13(24)8-6-12;1-3-2/h5-8,11,24H,2-4,9-10H2,1H3,(H,20,21,22);3H,1-2H3. The van der Waals surface area contributed by atoms with E-state index in [2.05, 4.69) is 20.5 Å². The largest absolute Gasteiger partial charge is 0.508 e. The van der Waals surface area contributed by atoms with Gasteiger partial charge in [-0.15, -0.1) is 0 Å². The van der Waals surface area contributed by atoms with E-state index in [0.29, 0.717) is 16.9 Å². The lowest BCUT2D eigenvalue weighted by atomic mass is 10.0. The Morgan fingerprint density at radius 2 is 1.86 bits per heavy atom. The quantitative estimate of drug-likeness (QED) is 0.648. The van der Waals surface area contributed by atoms with E-state index in [1.807, 2.05) is 32.0 Å². The number of aromatic amines is 1. The van der Waals surface area contributed by atoms with E-state index < -0.39 is 0 Å². The van der Waals surface area contributed by atoms with Crippen molar-refractivity contribution >= 4 is 16.9 Å². The fourth-order valence-corrected chi connectivity index (χ4v) is 3.38. The van der Waals surface area contributed by atoms with Crippen LogP contribution in [0.25, 0.3) is 22.3 Å². The highest BCUT2D eigenvalue weighted by Gasteiger charge is 2.24. The molecule has 3 heterocycles. The number of amides is 1. The van der Waals surface area contributed by atoms with Crippen LogP contribution in [0.4, 0.5) is 0 Å². The van der Waals surface area contributed by atoms with Crippen LogP contribution in [0, 0.1) is 0 Å². The second kappa shape index (κ2) is 8.84. The Bertz CT molecular complexity index is 943. The molecule has 7 heteroatoms. The molecule has 1 saturated heterocycles. The van der Waals surface area contributed by atoms with Gasteiger partial charge in [-0.3, -0.25) is 9.89 Å². The number of aromatic hydroxyl groups is 1. The molecule has 0 saturated carbocycles. The minimum atomic E-state index is 0.0426. The molecule has 0 bridgehead atoms. The number of phenolic OH excluding ortho intramolecular Hbond substituents is 1. The predicted octanol–water partition coefficient (Wildman–Crippen LogP) is 2.96. The van der Waals surface area contributed by atoms with Crippen LogP contribution in [0.3, 0.4) is 0 Å². The van der Waals surface area contributed by atoms with Crippen molar-refractivity contribution in [2.24, 2.45) is 0 Å². The van der Waals surface area contributed by atoms with Crippen LogP contribution in [0.15, 0.2) is 30.3 Å². The molecule has 1 aromatic carbocycles. The monoisotopic (exact) mass is 381 g/mol. The number of aromatic nitrogens is 3.